The Labute approximate surface area is 122 Å². The SMILES string of the molecule is CC1(C)CN(C(=O)Cc2cccc(F)c2F)CC(CO)O1. The van der Waals surface area contributed by atoms with Gasteiger partial charge in [0.25, 0.3) is 0 Å². The van der Waals surface area contributed by atoms with Gasteiger partial charge in [-0.15, -0.1) is 0 Å². The second-order valence-corrected chi connectivity index (χ2v) is 5.85. The maximum Gasteiger partial charge on any atom is 0.227 e. The highest BCUT2D eigenvalue weighted by Crippen LogP contribution is 2.22. The molecule has 21 heavy (non-hydrogen) atoms. The van der Waals surface area contributed by atoms with E-state index >= 15 is 0 Å². The average Bonchev–Trinajstić information content (AvgIpc) is 2.42. The van der Waals surface area contributed by atoms with Crippen LogP contribution in [0.4, 0.5) is 8.78 Å². The summed E-state index contributed by atoms with van der Waals surface area (Å²) in [6.45, 7) is 4.03. The Hall–Kier alpha value is -1.53. The molecular formula is C15H19F2NO3. The summed E-state index contributed by atoms with van der Waals surface area (Å²) in [4.78, 5) is 13.8. The molecule has 0 aromatic heterocycles. The summed E-state index contributed by atoms with van der Waals surface area (Å²) in [7, 11) is 0. The van der Waals surface area contributed by atoms with Gasteiger partial charge in [0.2, 0.25) is 5.91 Å². The predicted molar refractivity (Wildman–Crippen MR) is 72.7 cm³/mol. The number of carbonyl (C=O) groups excluding carboxylic acids is 1. The third-order valence-corrected chi connectivity index (χ3v) is 3.41. The number of aliphatic hydroxyl groups is 1. The number of morpholine rings is 1. The van der Waals surface area contributed by atoms with E-state index < -0.39 is 23.3 Å². The molecule has 1 aliphatic rings. The number of ether oxygens (including phenoxy) is 1. The summed E-state index contributed by atoms with van der Waals surface area (Å²) in [6.07, 6.45) is -0.673. The van der Waals surface area contributed by atoms with Crippen molar-refractivity contribution in [2.75, 3.05) is 19.7 Å². The van der Waals surface area contributed by atoms with Crippen LogP contribution in [0.2, 0.25) is 0 Å². The van der Waals surface area contributed by atoms with Gasteiger partial charge in [0.15, 0.2) is 11.6 Å². The quantitative estimate of drug-likeness (QED) is 0.920. The molecule has 1 aromatic carbocycles. The van der Waals surface area contributed by atoms with Crippen LogP contribution in [-0.2, 0) is 16.0 Å². The Morgan fingerprint density at radius 1 is 1.48 bits per heavy atom. The number of carbonyl (C=O) groups is 1. The molecule has 1 amide bonds. The summed E-state index contributed by atoms with van der Waals surface area (Å²) in [5.74, 6) is -2.26. The van der Waals surface area contributed by atoms with E-state index in [1.165, 1.54) is 17.0 Å². The smallest absolute Gasteiger partial charge is 0.227 e. The van der Waals surface area contributed by atoms with Crippen LogP contribution < -0.4 is 0 Å². The molecule has 1 atom stereocenters. The molecule has 0 radical (unpaired) electrons. The fraction of sp³-hybridized carbons (Fsp3) is 0.533. The van der Waals surface area contributed by atoms with Crippen molar-refractivity contribution in [2.45, 2.75) is 32.0 Å². The minimum absolute atomic E-state index is 0.0323. The van der Waals surface area contributed by atoms with E-state index in [4.69, 9.17) is 4.74 Å². The molecule has 0 aliphatic carbocycles. The maximum atomic E-state index is 13.6. The third kappa shape index (κ3) is 3.77. The monoisotopic (exact) mass is 299 g/mol. The highest BCUT2D eigenvalue weighted by molar-refractivity contribution is 5.79. The molecule has 0 bridgehead atoms. The Morgan fingerprint density at radius 3 is 2.86 bits per heavy atom. The molecule has 1 aromatic rings. The molecule has 4 nitrogen and oxygen atoms in total. The van der Waals surface area contributed by atoms with Crippen molar-refractivity contribution >= 4 is 5.91 Å². The minimum atomic E-state index is -0.989. The van der Waals surface area contributed by atoms with Gasteiger partial charge in [0.05, 0.1) is 24.7 Å². The summed E-state index contributed by atoms with van der Waals surface area (Å²) >= 11 is 0. The Bertz CT molecular complexity index is 534. The Kier molecular flexibility index (Phi) is 4.58. The topological polar surface area (TPSA) is 49.8 Å². The van der Waals surface area contributed by atoms with Crippen molar-refractivity contribution in [3.05, 3.63) is 35.4 Å². The number of halogens is 2. The van der Waals surface area contributed by atoms with Crippen molar-refractivity contribution in [3.63, 3.8) is 0 Å². The number of hydrogen-bond donors (Lipinski definition) is 1. The van der Waals surface area contributed by atoms with E-state index in [1.54, 1.807) is 0 Å². The van der Waals surface area contributed by atoms with Gasteiger partial charge < -0.3 is 14.7 Å². The molecular weight excluding hydrogens is 280 g/mol. The van der Waals surface area contributed by atoms with Gasteiger partial charge in [0.1, 0.15) is 0 Å². The lowest BCUT2D eigenvalue weighted by Crippen LogP contribution is -2.55. The van der Waals surface area contributed by atoms with E-state index in [2.05, 4.69) is 0 Å². The van der Waals surface area contributed by atoms with Crippen LogP contribution >= 0.6 is 0 Å². The van der Waals surface area contributed by atoms with Gasteiger partial charge in [-0.1, -0.05) is 12.1 Å². The van der Waals surface area contributed by atoms with Crippen LogP contribution in [0.3, 0.4) is 0 Å². The average molecular weight is 299 g/mol. The van der Waals surface area contributed by atoms with Crippen LogP contribution in [0.5, 0.6) is 0 Å². The zero-order valence-corrected chi connectivity index (χ0v) is 12.1. The van der Waals surface area contributed by atoms with Gasteiger partial charge in [-0.2, -0.15) is 0 Å². The number of aliphatic hydroxyl groups excluding tert-OH is 1. The normalized spacial score (nSPS) is 21.4. The van der Waals surface area contributed by atoms with Crippen LogP contribution in [0, 0.1) is 11.6 Å². The molecule has 116 valence electrons. The van der Waals surface area contributed by atoms with Crippen molar-refractivity contribution in [1.29, 1.82) is 0 Å². The standard InChI is InChI=1S/C15H19F2NO3/c1-15(2)9-18(7-11(8-19)21-15)13(20)6-10-4-3-5-12(16)14(10)17/h3-5,11,19H,6-9H2,1-2H3. The third-order valence-electron chi connectivity index (χ3n) is 3.41. The fourth-order valence-corrected chi connectivity index (χ4v) is 2.54. The van der Waals surface area contributed by atoms with Crippen molar-refractivity contribution in [2.24, 2.45) is 0 Å². The Morgan fingerprint density at radius 2 is 2.19 bits per heavy atom. The van der Waals surface area contributed by atoms with Crippen molar-refractivity contribution in [1.82, 2.24) is 4.90 Å². The van der Waals surface area contributed by atoms with Gasteiger partial charge >= 0.3 is 0 Å². The summed E-state index contributed by atoms with van der Waals surface area (Å²) in [5, 5.41) is 9.22. The van der Waals surface area contributed by atoms with Crippen LogP contribution in [0.25, 0.3) is 0 Å². The first-order valence-electron chi connectivity index (χ1n) is 6.82. The van der Waals surface area contributed by atoms with Crippen molar-refractivity contribution < 1.29 is 23.4 Å². The highest BCUT2D eigenvalue weighted by atomic mass is 19.2. The van der Waals surface area contributed by atoms with Gasteiger partial charge in [-0.25, -0.2) is 8.78 Å². The first kappa shape index (κ1) is 15.9. The van der Waals surface area contributed by atoms with Crippen LogP contribution in [-0.4, -0.2) is 47.3 Å². The van der Waals surface area contributed by atoms with E-state index in [9.17, 15) is 18.7 Å². The number of hydrogen-bond acceptors (Lipinski definition) is 3. The lowest BCUT2D eigenvalue weighted by Gasteiger charge is -2.42. The second kappa shape index (κ2) is 6.07. The molecule has 0 spiro atoms. The fourth-order valence-electron chi connectivity index (χ4n) is 2.54. The predicted octanol–water partition coefficient (Wildman–Crippen LogP) is 1.51. The highest BCUT2D eigenvalue weighted by Gasteiger charge is 2.35. The van der Waals surface area contributed by atoms with E-state index in [1.807, 2.05) is 13.8 Å². The van der Waals surface area contributed by atoms with Gasteiger partial charge in [-0.05, 0) is 19.9 Å². The zero-order valence-electron chi connectivity index (χ0n) is 12.1. The molecule has 2 rings (SSSR count). The molecule has 1 fully saturated rings. The van der Waals surface area contributed by atoms with E-state index in [0.717, 1.165) is 6.07 Å². The number of nitrogens with zero attached hydrogens (tertiary/aromatic N) is 1. The minimum Gasteiger partial charge on any atom is -0.394 e. The molecule has 0 saturated carbocycles. The first-order chi connectivity index (χ1) is 9.82. The lowest BCUT2D eigenvalue weighted by atomic mass is 10.0. The number of benzene rings is 1. The van der Waals surface area contributed by atoms with Crippen LogP contribution in [0.15, 0.2) is 18.2 Å². The first-order valence-corrected chi connectivity index (χ1v) is 6.82. The van der Waals surface area contributed by atoms with Crippen LogP contribution in [0.1, 0.15) is 19.4 Å². The largest absolute Gasteiger partial charge is 0.394 e. The molecule has 1 N–H and O–H groups in total. The molecule has 1 heterocycles. The number of rotatable bonds is 3. The molecule has 1 aliphatic heterocycles. The summed E-state index contributed by atoms with van der Waals surface area (Å²) in [5.41, 5.74) is -0.549. The summed E-state index contributed by atoms with van der Waals surface area (Å²) in [6, 6.07) is 3.79. The van der Waals surface area contributed by atoms with E-state index in [-0.39, 0.29) is 31.0 Å². The van der Waals surface area contributed by atoms with Gasteiger partial charge in [0, 0.05) is 18.7 Å². The Balaban J connectivity index is 2.10. The second-order valence-electron chi connectivity index (χ2n) is 5.85. The van der Waals surface area contributed by atoms with Crippen molar-refractivity contribution in [3.8, 4) is 0 Å². The molecule has 1 unspecified atom stereocenters. The van der Waals surface area contributed by atoms with Gasteiger partial charge in [-0.3, -0.25) is 4.79 Å². The lowest BCUT2D eigenvalue weighted by molar-refractivity contribution is -0.166. The maximum absolute atomic E-state index is 13.6. The zero-order chi connectivity index (χ0) is 15.6. The molecule has 6 heteroatoms. The van der Waals surface area contributed by atoms with E-state index in [0.29, 0.717) is 6.54 Å². The number of amides is 1. The summed E-state index contributed by atoms with van der Waals surface area (Å²) < 4.78 is 32.4. The molecule has 1 saturated heterocycles.